The van der Waals surface area contributed by atoms with E-state index in [9.17, 15) is 14.7 Å². The lowest BCUT2D eigenvalue weighted by molar-refractivity contribution is -0.133. The van der Waals surface area contributed by atoms with E-state index in [4.69, 9.17) is 0 Å². The van der Waals surface area contributed by atoms with E-state index in [2.05, 4.69) is 20.9 Å². The van der Waals surface area contributed by atoms with Gasteiger partial charge in [0.15, 0.2) is 0 Å². The highest BCUT2D eigenvalue weighted by Crippen LogP contribution is 2.39. The van der Waals surface area contributed by atoms with E-state index >= 15 is 0 Å². The summed E-state index contributed by atoms with van der Waals surface area (Å²) in [7, 11) is 1.80. The Morgan fingerprint density at radius 2 is 1.69 bits per heavy atom. The van der Waals surface area contributed by atoms with Gasteiger partial charge in [-0.1, -0.05) is 58.2 Å². The van der Waals surface area contributed by atoms with Crippen LogP contribution in [-0.2, 0) is 9.59 Å². The smallest absolute Gasteiger partial charge is 0.238 e. The number of hydrogen-bond acceptors (Lipinski definition) is 6. The number of piperidine rings is 1. The van der Waals surface area contributed by atoms with Crippen LogP contribution in [0.2, 0.25) is 0 Å². The molecule has 0 unspecified atom stereocenters. The van der Waals surface area contributed by atoms with Crippen molar-refractivity contribution in [1.82, 2.24) is 20.9 Å². The second kappa shape index (κ2) is 13.8. The molecule has 8 heteroatoms. The Morgan fingerprint density at radius 1 is 1.05 bits per heavy atom. The van der Waals surface area contributed by atoms with Gasteiger partial charge in [-0.25, -0.2) is 0 Å². The number of benzene rings is 1. The third kappa shape index (κ3) is 9.48. The number of rotatable bonds is 10. The van der Waals surface area contributed by atoms with Gasteiger partial charge in [0.25, 0.3) is 0 Å². The molecule has 1 aliphatic heterocycles. The van der Waals surface area contributed by atoms with Crippen LogP contribution in [0.25, 0.3) is 0 Å². The third-order valence-electron chi connectivity index (χ3n) is 8.11. The van der Waals surface area contributed by atoms with Crippen molar-refractivity contribution in [3.63, 3.8) is 0 Å². The standard InChI is InChI=1S/C31H52N4O3S/c1-30(2,3)27(32-7)29(38)33-24(20-39-23-15-9-8-10-16-23)26(36)19-35-18-22-14-12-11-13-21(22)17-25(35)28(37)34-31(4,5)6/h8-10,15-16,21-22,24-27,32,36H,11-14,17-20H2,1-7H3,(H,33,38)(H,34,37)/t21-,22+,24-,25-,26+,27+/m0/s1. The molecule has 1 saturated heterocycles. The number of thioether (sulfide) groups is 1. The van der Waals surface area contributed by atoms with E-state index in [-0.39, 0.29) is 28.8 Å². The van der Waals surface area contributed by atoms with Gasteiger partial charge in [-0.3, -0.25) is 14.5 Å². The molecule has 39 heavy (non-hydrogen) atoms. The Balaban J connectivity index is 1.79. The molecule has 4 N–H and O–H groups in total. The SMILES string of the molecule is CN[C@H](C(=O)N[C@@H](CSc1ccccc1)[C@H](O)CN1C[C@H]2CCCC[C@H]2C[C@H]1C(=O)NC(C)(C)C)C(C)(C)C. The molecule has 0 bridgehead atoms. The number of nitrogens with one attached hydrogen (secondary N) is 3. The van der Waals surface area contributed by atoms with Crippen molar-refractivity contribution in [2.24, 2.45) is 17.3 Å². The van der Waals surface area contributed by atoms with E-state index in [1.54, 1.807) is 18.8 Å². The molecule has 1 aliphatic carbocycles. The van der Waals surface area contributed by atoms with Crippen molar-refractivity contribution >= 4 is 23.6 Å². The number of amides is 2. The quantitative estimate of drug-likeness (QED) is 0.323. The Hall–Kier alpha value is -1.61. The second-order valence-corrected chi connectivity index (χ2v) is 14.7. The Morgan fingerprint density at radius 3 is 2.28 bits per heavy atom. The number of carbonyl (C=O) groups excluding carboxylic acids is 2. The summed E-state index contributed by atoms with van der Waals surface area (Å²) in [6.45, 7) is 13.3. The Bertz CT molecular complexity index is 930. The Labute approximate surface area is 240 Å². The van der Waals surface area contributed by atoms with E-state index in [1.807, 2.05) is 71.9 Å². The van der Waals surface area contributed by atoms with Crippen molar-refractivity contribution in [2.45, 2.75) is 108 Å². The topological polar surface area (TPSA) is 93.7 Å². The van der Waals surface area contributed by atoms with Crippen LogP contribution < -0.4 is 16.0 Å². The Kier molecular flexibility index (Phi) is 11.3. The van der Waals surface area contributed by atoms with Crippen molar-refractivity contribution in [3.05, 3.63) is 30.3 Å². The number of hydrogen-bond donors (Lipinski definition) is 4. The molecule has 1 heterocycles. The molecule has 1 aromatic rings. The zero-order valence-corrected chi connectivity index (χ0v) is 25.9. The first-order chi connectivity index (χ1) is 18.3. The maximum absolute atomic E-state index is 13.5. The van der Waals surface area contributed by atoms with Gasteiger partial charge in [-0.15, -0.1) is 11.8 Å². The summed E-state index contributed by atoms with van der Waals surface area (Å²) in [5.41, 5.74) is -0.595. The summed E-state index contributed by atoms with van der Waals surface area (Å²) >= 11 is 1.63. The van der Waals surface area contributed by atoms with Gasteiger partial charge in [-0.2, -0.15) is 0 Å². The van der Waals surface area contributed by atoms with Gasteiger partial charge < -0.3 is 21.1 Å². The van der Waals surface area contributed by atoms with E-state index < -0.39 is 18.2 Å². The summed E-state index contributed by atoms with van der Waals surface area (Å²) in [5, 5.41) is 21.2. The molecular weight excluding hydrogens is 508 g/mol. The minimum atomic E-state index is -0.812. The molecule has 0 aromatic heterocycles. The molecule has 2 aliphatic rings. The number of carbonyl (C=O) groups is 2. The lowest BCUT2D eigenvalue weighted by Gasteiger charge is -2.47. The van der Waals surface area contributed by atoms with Crippen LogP contribution in [0, 0.1) is 17.3 Å². The van der Waals surface area contributed by atoms with E-state index in [0.717, 1.165) is 17.9 Å². The third-order valence-corrected chi connectivity index (χ3v) is 9.24. The molecule has 6 atom stereocenters. The molecule has 0 radical (unpaired) electrons. The number of aliphatic hydroxyl groups is 1. The van der Waals surface area contributed by atoms with Gasteiger partial charge in [-0.05, 0) is 70.0 Å². The first-order valence-corrected chi connectivity index (χ1v) is 15.7. The molecule has 7 nitrogen and oxygen atoms in total. The first kappa shape index (κ1) is 31.9. The zero-order chi connectivity index (χ0) is 28.8. The molecule has 220 valence electrons. The predicted molar refractivity (Wildman–Crippen MR) is 161 cm³/mol. The highest BCUT2D eigenvalue weighted by molar-refractivity contribution is 7.99. The number of fused-ring (bicyclic) bond motifs is 1. The lowest BCUT2D eigenvalue weighted by Crippen LogP contribution is -2.61. The minimum absolute atomic E-state index is 0.0425. The fourth-order valence-electron chi connectivity index (χ4n) is 6.17. The molecule has 2 fully saturated rings. The summed E-state index contributed by atoms with van der Waals surface area (Å²) in [4.78, 5) is 30.1. The second-order valence-electron chi connectivity index (χ2n) is 13.6. The molecule has 1 saturated carbocycles. The van der Waals surface area contributed by atoms with Crippen LogP contribution in [0.15, 0.2) is 35.2 Å². The minimum Gasteiger partial charge on any atom is -0.390 e. The average Bonchev–Trinajstić information content (AvgIpc) is 2.85. The number of β-amino-alcohol motifs (C(OH)–C–C–N with tert-alkyl or cyclic N) is 1. The van der Waals surface area contributed by atoms with Gasteiger partial charge in [0, 0.05) is 29.3 Å². The van der Waals surface area contributed by atoms with Crippen molar-refractivity contribution in [3.8, 4) is 0 Å². The van der Waals surface area contributed by atoms with Gasteiger partial charge in [0.1, 0.15) is 0 Å². The van der Waals surface area contributed by atoms with Crippen LogP contribution >= 0.6 is 11.8 Å². The number of nitrogens with zero attached hydrogens (tertiary/aromatic N) is 1. The predicted octanol–water partition coefficient (Wildman–Crippen LogP) is 4.05. The van der Waals surface area contributed by atoms with Crippen molar-refractivity contribution in [2.75, 3.05) is 25.9 Å². The highest BCUT2D eigenvalue weighted by atomic mass is 32.2. The fraction of sp³-hybridized carbons (Fsp3) is 0.742. The maximum atomic E-state index is 13.5. The fourth-order valence-corrected chi connectivity index (χ4v) is 7.20. The largest absolute Gasteiger partial charge is 0.390 e. The monoisotopic (exact) mass is 560 g/mol. The van der Waals surface area contributed by atoms with Crippen molar-refractivity contribution in [1.29, 1.82) is 0 Å². The number of likely N-dealkylation sites (tertiary alicyclic amines) is 1. The van der Waals surface area contributed by atoms with Crippen LogP contribution in [0.3, 0.4) is 0 Å². The average molecular weight is 561 g/mol. The molecule has 2 amide bonds. The molecular formula is C31H52N4O3S. The highest BCUT2D eigenvalue weighted by Gasteiger charge is 2.42. The first-order valence-electron chi connectivity index (χ1n) is 14.7. The van der Waals surface area contributed by atoms with Crippen molar-refractivity contribution < 1.29 is 14.7 Å². The zero-order valence-electron chi connectivity index (χ0n) is 25.1. The van der Waals surface area contributed by atoms with Crippen LogP contribution in [0.4, 0.5) is 0 Å². The number of aliphatic hydroxyl groups excluding tert-OH is 1. The maximum Gasteiger partial charge on any atom is 0.238 e. The van der Waals surface area contributed by atoms with E-state index in [1.165, 1.54) is 25.7 Å². The van der Waals surface area contributed by atoms with E-state index in [0.29, 0.717) is 24.1 Å². The summed E-state index contributed by atoms with van der Waals surface area (Å²) in [5.74, 6) is 1.59. The normalized spacial score (nSPS) is 24.8. The van der Waals surface area contributed by atoms with Gasteiger partial charge >= 0.3 is 0 Å². The number of likely N-dealkylation sites (N-methyl/N-ethyl adjacent to an activating group) is 1. The summed E-state index contributed by atoms with van der Waals surface area (Å²) in [6.07, 6.45) is 4.87. The summed E-state index contributed by atoms with van der Waals surface area (Å²) in [6, 6.07) is 8.94. The molecule has 3 rings (SSSR count). The summed E-state index contributed by atoms with van der Waals surface area (Å²) < 4.78 is 0. The lowest BCUT2D eigenvalue weighted by atomic mass is 9.72. The molecule has 0 spiro atoms. The van der Waals surface area contributed by atoms with Crippen LogP contribution in [0.5, 0.6) is 0 Å². The van der Waals surface area contributed by atoms with Crippen LogP contribution in [0.1, 0.15) is 73.6 Å². The van der Waals surface area contributed by atoms with Gasteiger partial charge in [0.2, 0.25) is 11.8 Å². The molecule has 1 aromatic carbocycles. The van der Waals surface area contributed by atoms with Gasteiger partial charge in [0.05, 0.1) is 24.2 Å². The van der Waals surface area contributed by atoms with Crippen LogP contribution in [-0.4, -0.2) is 77.5 Å².